The Morgan fingerprint density at radius 3 is 2.78 bits per heavy atom. The van der Waals surface area contributed by atoms with Crippen molar-refractivity contribution < 1.29 is 9.47 Å². The monoisotopic (exact) mass is 251 g/mol. The van der Waals surface area contributed by atoms with Crippen molar-refractivity contribution in [3.05, 3.63) is 29.8 Å². The highest BCUT2D eigenvalue weighted by Crippen LogP contribution is 2.14. The summed E-state index contributed by atoms with van der Waals surface area (Å²) < 4.78 is 10.9. The van der Waals surface area contributed by atoms with Crippen molar-refractivity contribution in [2.45, 2.75) is 39.3 Å². The van der Waals surface area contributed by atoms with Crippen molar-refractivity contribution in [1.82, 2.24) is 5.32 Å². The lowest BCUT2D eigenvalue weighted by Gasteiger charge is -2.17. The van der Waals surface area contributed by atoms with Gasteiger partial charge in [0.05, 0.1) is 6.61 Å². The lowest BCUT2D eigenvalue weighted by molar-refractivity contribution is 0.184. The molecule has 0 aromatic heterocycles. The molecule has 3 heteroatoms. The van der Waals surface area contributed by atoms with Crippen LogP contribution in [0.5, 0.6) is 5.75 Å². The molecule has 1 aromatic rings. The van der Waals surface area contributed by atoms with Crippen LogP contribution >= 0.6 is 0 Å². The summed E-state index contributed by atoms with van der Waals surface area (Å²) in [6, 6.07) is 8.51. The Labute approximate surface area is 110 Å². The first-order valence-corrected chi connectivity index (χ1v) is 6.74. The highest BCUT2D eigenvalue weighted by molar-refractivity contribution is 5.28. The fraction of sp³-hybridized carbons (Fsp3) is 0.600. The fourth-order valence-corrected chi connectivity index (χ4v) is 1.76. The van der Waals surface area contributed by atoms with Crippen molar-refractivity contribution in [3.8, 4) is 5.75 Å². The maximum atomic E-state index is 5.83. The van der Waals surface area contributed by atoms with Gasteiger partial charge in [0.2, 0.25) is 0 Å². The smallest absolute Gasteiger partial charge is 0.119 e. The van der Waals surface area contributed by atoms with E-state index in [9.17, 15) is 0 Å². The van der Waals surface area contributed by atoms with Crippen LogP contribution in [0.15, 0.2) is 24.3 Å². The SMILES string of the molecule is CCCNC(CC)COc1cccc(COC)c1. The summed E-state index contributed by atoms with van der Waals surface area (Å²) in [6.07, 6.45) is 2.23. The van der Waals surface area contributed by atoms with Gasteiger partial charge in [-0.25, -0.2) is 0 Å². The van der Waals surface area contributed by atoms with Crippen molar-refractivity contribution in [1.29, 1.82) is 0 Å². The van der Waals surface area contributed by atoms with E-state index in [0.29, 0.717) is 19.3 Å². The maximum absolute atomic E-state index is 5.83. The van der Waals surface area contributed by atoms with E-state index >= 15 is 0 Å². The van der Waals surface area contributed by atoms with Crippen molar-refractivity contribution in [3.63, 3.8) is 0 Å². The average Bonchev–Trinajstić information content (AvgIpc) is 2.40. The third-order valence-electron chi connectivity index (χ3n) is 2.84. The van der Waals surface area contributed by atoms with Crippen LogP contribution in [0, 0.1) is 0 Å². The molecule has 0 aliphatic heterocycles. The maximum Gasteiger partial charge on any atom is 0.119 e. The molecule has 0 saturated carbocycles. The molecule has 0 fully saturated rings. The summed E-state index contributed by atoms with van der Waals surface area (Å²) in [5, 5.41) is 3.48. The highest BCUT2D eigenvalue weighted by Gasteiger charge is 2.06. The Hall–Kier alpha value is -1.06. The molecule has 0 aliphatic rings. The molecular formula is C15H25NO2. The van der Waals surface area contributed by atoms with Gasteiger partial charge in [0, 0.05) is 13.2 Å². The van der Waals surface area contributed by atoms with E-state index in [0.717, 1.165) is 30.7 Å². The number of ether oxygens (including phenoxy) is 2. The number of methoxy groups -OCH3 is 1. The number of hydrogen-bond acceptors (Lipinski definition) is 3. The van der Waals surface area contributed by atoms with E-state index < -0.39 is 0 Å². The normalized spacial score (nSPS) is 12.4. The van der Waals surface area contributed by atoms with Gasteiger partial charge >= 0.3 is 0 Å². The first-order valence-electron chi connectivity index (χ1n) is 6.74. The molecule has 1 aromatic carbocycles. The molecule has 1 atom stereocenters. The lowest BCUT2D eigenvalue weighted by Crippen LogP contribution is -2.34. The van der Waals surface area contributed by atoms with Gasteiger partial charge in [-0.05, 0) is 37.1 Å². The van der Waals surface area contributed by atoms with Gasteiger partial charge in [0.15, 0.2) is 0 Å². The largest absolute Gasteiger partial charge is 0.492 e. The third-order valence-corrected chi connectivity index (χ3v) is 2.84. The van der Waals surface area contributed by atoms with Crippen LogP contribution in [0.3, 0.4) is 0 Å². The molecule has 1 unspecified atom stereocenters. The topological polar surface area (TPSA) is 30.5 Å². The summed E-state index contributed by atoms with van der Waals surface area (Å²) in [7, 11) is 1.70. The second kappa shape index (κ2) is 8.95. The first-order chi connectivity index (χ1) is 8.80. The number of benzene rings is 1. The minimum absolute atomic E-state index is 0.427. The van der Waals surface area contributed by atoms with E-state index in [1.165, 1.54) is 0 Å². The van der Waals surface area contributed by atoms with Crippen molar-refractivity contribution in [2.24, 2.45) is 0 Å². The van der Waals surface area contributed by atoms with Crippen molar-refractivity contribution >= 4 is 0 Å². The van der Waals surface area contributed by atoms with E-state index in [1.54, 1.807) is 7.11 Å². The zero-order valence-corrected chi connectivity index (χ0v) is 11.7. The van der Waals surface area contributed by atoms with Gasteiger partial charge in [-0.2, -0.15) is 0 Å². The lowest BCUT2D eigenvalue weighted by atomic mass is 10.2. The van der Waals surface area contributed by atoms with E-state index in [-0.39, 0.29) is 0 Å². The molecule has 0 aliphatic carbocycles. The van der Waals surface area contributed by atoms with Crippen LogP contribution in [-0.4, -0.2) is 26.3 Å². The summed E-state index contributed by atoms with van der Waals surface area (Å²) in [4.78, 5) is 0. The van der Waals surface area contributed by atoms with E-state index in [2.05, 4.69) is 19.2 Å². The predicted molar refractivity (Wildman–Crippen MR) is 75.0 cm³/mol. The van der Waals surface area contributed by atoms with Gasteiger partial charge in [-0.1, -0.05) is 26.0 Å². The number of hydrogen-bond donors (Lipinski definition) is 1. The molecular weight excluding hydrogens is 226 g/mol. The number of nitrogens with one attached hydrogen (secondary N) is 1. The zero-order chi connectivity index (χ0) is 13.2. The second-order valence-corrected chi connectivity index (χ2v) is 4.45. The van der Waals surface area contributed by atoms with Crippen LogP contribution in [0.2, 0.25) is 0 Å². The Morgan fingerprint density at radius 2 is 2.11 bits per heavy atom. The van der Waals surface area contributed by atoms with Gasteiger partial charge in [-0.3, -0.25) is 0 Å². The fourth-order valence-electron chi connectivity index (χ4n) is 1.76. The molecule has 1 N–H and O–H groups in total. The Kier molecular flexibility index (Phi) is 7.46. The van der Waals surface area contributed by atoms with Crippen LogP contribution in [-0.2, 0) is 11.3 Å². The Balaban J connectivity index is 2.43. The van der Waals surface area contributed by atoms with Crippen molar-refractivity contribution in [2.75, 3.05) is 20.3 Å². The van der Waals surface area contributed by atoms with Gasteiger partial charge < -0.3 is 14.8 Å². The Morgan fingerprint density at radius 1 is 1.28 bits per heavy atom. The van der Waals surface area contributed by atoms with E-state index in [1.807, 2.05) is 24.3 Å². The predicted octanol–water partition coefficient (Wildman–Crippen LogP) is 2.99. The first kappa shape index (κ1) is 15.0. The molecule has 18 heavy (non-hydrogen) atoms. The third kappa shape index (κ3) is 5.52. The molecule has 3 nitrogen and oxygen atoms in total. The average molecular weight is 251 g/mol. The summed E-state index contributed by atoms with van der Waals surface area (Å²) in [6.45, 7) is 6.74. The molecule has 0 bridgehead atoms. The molecule has 0 spiro atoms. The van der Waals surface area contributed by atoms with Gasteiger partial charge in [-0.15, -0.1) is 0 Å². The second-order valence-electron chi connectivity index (χ2n) is 4.45. The quantitative estimate of drug-likeness (QED) is 0.732. The molecule has 0 saturated heterocycles. The molecule has 102 valence electrons. The summed E-state index contributed by atoms with van der Waals surface area (Å²) in [5.41, 5.74) is 1.14. The minimum Gasteiger partial charge on any atom is -0.492 e. The molecule has 1 rings (SSSR count). The summed E-state index contributed by atoms with van der Waals surface area (Å²) in [5.74, 6) is 0.918. The van der Waals surface area contributed by atoms with Gasteiger partial charge in [0.1, 0.15) is 12.4 Å². The minimum atomic E-state index is 0.427. The van der Waals surface area contributed by atoms with Crippen LogP contribution < -0.4 is 10.1 Å². The standard InChI is InChI=1S/C15H25NO2/c1-4-9-16-14(5-2)12-18-15-8-6-7-13(10-15)11-17-3/h6-8,10,14,16H,4-5,9,11-12H2,1-3H3. The Bertz CT molecular complexity index is 328. The van der Waals surface area contributed by atoms with Crippen LogP contribution in [0.4, 0.5) is 0 Å². The molecule has 0 radical (unpaired) electrons. The summed E-state index contributed by atoms with van der Waals surface area (Å²) >= 11 is 0. The zero-order valence-electron chi connectivity index (χ0n) is 11.7. The molecule has 0 amide bonds. The van der Waals surface area contributed by atoms with E-state index in [4.69, 9.17) is 9.47 Å². The van der Waals surface area contributed by atoms with Crippen LogP contribution in [0.1, 0.15) is 32.3 Å². The van der Waals surface area contributed by atoms with Gasteiger partial charge in [0.25, 0.3) is 0 Å². The molecule has 0 heterocycles. The highest BCUT2D eigenvalue weighted by atomic mass is 16.5. The van der Waals surface area contributed by atoms with Crippen LogP contribution in [0.25, 0.3) is 0 Å². The number of rotatable bonds is 9.